The molecule has 0 spiro atoms. The summed E-state index contributed by atoms with van der Waals surface area (Å²) in [5.41, 5.74) is -0.251. The van der Waals surface area contributed by atoms with Crippen LogP contribution in [0.25, 0.3) is 0 Å². The monoisotopic (exact) mass is 307 g/mol. The highest BCUT2D eigenvalue weighted by molar-refractivity contribution is 7.99. The molecule has 4 nitrogen and oxygen atoms in total. The third-order valence-electron chi connectivity index (χ3n) is 1.70. The van der Waals surface area contributed by atoms with Crippen LogP contribution in [0, 0.1) is 0 Å². The van der Waals surface area contributed by atoms with E-state index in [1.165, 1.54) is 18.3 Å². The van der Waals surface area contributed by atoms with Crippen LogP contribution in [0.4, 0.5) is 0 Å². The third kappa shape index (κ3) is 3.13. The zero-order valence-electron chi connectivity index (χ0n) is 8.08. The summed E-state index contributed by atoms with van der Waals surface area (Å²) in [6.45, 7) is 0. The van der Waals surface area contributed by atoms with Crippen LogP contribution < -0.4 is 5.56 Å². The first kappa shape index (κ1) is 12.7. The number of hydrogen-bond donors (Lipinski definition) is 1. The Morgan fingerprint density at radius 3 is 2.71 bits per heavy atom. The van der Waals surface area contributed by atoms with E-state index in [1.807, 2.05) is 0 Å². The average molecular weight is 309 g/mol. The fourth-order valence-corrected chi connectivity index (χ4v) is 2.40. The van der Waals surface area contributed by atoms with Crippen LogP contribution in [0.15, 0.2) is 33.3 Å². The van der Waals surface area contributed by atoms with Gasteiger partial charge in [0.1, 0.15) is 10.2 Å². The molecule has 2 rings (SSSR count). The molecule has 2 aromatic heterocycles. The Kier molecular flexibility index (Phi) is 3.93. The Bertz CT molecular complexity index is 617. The van der Waals surface area contributed by atoms with Crippen LogP contribution >= 0.6 is 46.6 Å². The molecule has 0 radical (unpaired) electrons. The van der Waals surface area contributed by atoms with E-state index in [0.717, 1.165) is 11.8 Å². The van der Waals surface area contributed by atoms with Gasteiger partial charge in [-0.15, -0.1) is 0 Å². The van der Waals surface area contributed by atoms with Crippen molar-refractivity contribution in [1.29, 1.82) is 0 Å². The van der Waals surface area contributed by atoms with Gasteiger partial charge in [-0.2, -0.15) is 0 Å². The largest absolute Gasteiger partial charge is 0.301 e. The predicted octanol–water partition coefficient (Wildman–Crippen LogP) is 3.28. The van der Waals surface area contributed by atoms with E-state index in [-0.39, 0.29) is 15.7 Å². The van der Waals surface area contributed by atoms with Gasteiger partial charge in [0.05, 0.1) is 10.0 Å². The van der Waals surface area contributed by atoms with E-state index in [2.05, 4.69) is 15.0 Å². The van der Waals surface area contributed by atoms with Crippen molar-refractivity contribution in [3.8, 4) is 0 Å². The van der Waals surface area contributed by atoms with Crippen molar-refractivity contribution in [2.75, 3.05) is 0 Å². The minimum atomic E-state index is -0.251. The molecule has 0 unspecified atom stereocenters. The third-order valence-corrected chi connectivity index (χ3v) is 3.67. The lowest BCUT2D eigenvalue weighted by Crippen LogP contribution is -2.05. The number of nitrogens with zero attached hydrogens (tertiary/aromatic N) is 2. The van der Waals surface area contributed by atoms with Crippen molar-refractivity contribution in [3.63, 3.8) is 0 Å². The smallest absolute Gasteiger partial charge is 0.251 e. The number of aromatic amines is 1. The quantitative estimate of drug-likeness (QED) is 0.683. The SMILES string of the molecule is O=c1ccnc(Sc2nc(Cl)c(Cl)cc2Cl)[nH]1. The van der Waals surface area contributed by atoms with Crippen LogP contribution in [-0.4, -0.2) is 15.0 Å². The summed E-state index contributed by atoms with van der Waals surface area (Å²) in [4.78, 5) is 21.6. The molecule has 1 N–H and O–H groups in total. The van der Waals surface area contributed by atoms with Crippen LogP contribution in [0.5, 0.6) is 0 Å². The maximum Gasteiger partial charge on any atom is 0.251 e. The Labute approximate surface area is 115 Å². The second-order valence-corrected chi connectivity index (χ2v) is 5.04. The summed E-state index contributed by atoms with van der Waals surface area (Å²) in [6.07, 6.45) is 1.40. The van der Waals surface area contributed by atoms with Crippen molar-refractivity contribution in [1.82, 2.24) is 15.0 Å². The molecule has 0 atom stereocenters. The van der Waals surface area contributed by atoms with Crippen molar-refractivity contribution in [3.05, 3.63) is 43.9 Å². The van der Waals surface area contributed by atoms with Gasteiger partial charge < -0.3 is 4.98 Å². The lowest BCUT2D eigenvalue weighted by Gasteiger charge is -2.03. The molecule has 17 heavy (non-hydrogen) atoms. The van der Waals surface area contributed by atoms with Gasteiger partial charge in [-0.3, -0.25) is 4.79 Å². The topological polar surface area (TPSA) is 58.6 Å². The molecule has 0 aromatic carbocycles. The zero-order valence-corrected chi connectivity index (χ0v) is 11.2. The van der Waals surface area contributed by atoms with Gasteiger partial charge in [-0.05, 0) is 17.8 Å². The normalized spacial score (nSPS) is 10.5. The fourth-order valence-electron chi connectivity index (χ4n) is 0.996. The lowest BCUT2D eigenvalue weighted by molar-refractivity contribution is 0.932. The van der Waals surface area contributed by atoms with E-state index in [9.17, 15) is 4.79 Å². The second kappa shape index (κ2) is 5.27. The molecule has 0 saturated carbocycles. The summed E-state index contributed by atoms with van der Waals surface area (Å²) in [5, 5.41) is 1.57. The van der Waals surface area contributed by atoms with E-state index in [0.29, 0.717) is 15.2 Å². The van der Waals surface area contributed by atoms with E-state index >= 15 is 0 Å². The number of nitrogens with one attached hydrogen (secondary N) is 1. The first-order valence-corrected chi connectivity index (χ1v) is 6.26. The number of pyridine rings is 1. The summed E-state index contributed by atoms with van der Waals surface area (Å²) in [6, 6.07) is 2.80. The fraction of sp³-hybridized carbons (Fsp3) is 0. The first-order chi connectivity index (χ1) is 8.06. The average Bonchev–Trinajstić information content (AvgIpc) is 2.26. The molecule has 8 heteroatoms. The van der Waals surface area contributed by atoms with Crippen molar-refractivity contribution < 1.29 is 0 Å². The maximum absolute atomic E-state index is 11.1. The van der Waals surface area contributed by atoms with Gasteiger partial charge in [0, 0.05) is 12.3 Å². The molecule has 0 aliphatic carbocycles. The minimum absolute atomic E-state index is 0.150. The first-order valence-electron chi connectivity index (χ1n) is 4.31. The van der Waals surface area contributed by atoms with Crippen molar-refractivity contribution >= 4 is 46.6 Å². The van der Waals surface area contributed by atoms with Crippen molar-refractivity contribution in [2.24, 2.45) is 0 Å². The van der Waals surface area contributed by atoms with Crippen LogP contribution in [0.2, 0.25) is 15.2 Å². The molecule has 0 fully saturated rings. The highest BCUT2D eigenvalue weighted by Gasteiger charge is 2.10. The molecule has 0 aliphatic rings. The van der Waals surface area contributed by atoms with E-state index < -0.39 is 0 Å². The molecule has 0 bridgehead atoms. The second-order valence-electron chi connectivity index (χ2n) is 2.89. The predicted molar refractivity (Wildman–Crippen MR) is 68.2 cm³/mol. The van der Waals surface area contributed by atoms with Gasteiger partial charge in [0.15, 0.2) is 5.16 Å². The standard InChI is InChI=1S/C9H4Cl3N3OS/c10-4-3-5(11)8(15-7(4)12)17-9-13-2-1-6(16)14-9/h1-3H,(H,13,14,16). The summed E-state index contributed by atoms with van der Waals surface area (Å²) >= 11 is 18.6. The number of rotatable bonds is 2. The summed E-state index contributed by atoms with van der Waals surface area (Å²) in [5.74, 6) is 0. The highest BCUT2D eigenvalue weighted by atomic mass is 35.5. The minimum Gasteiger partial charge on any atom is -0.301 e. The van der Waals surface area contributed by atoms with Gasteiger partial charge in [0.2, 0.25) is 0 Å². The number of aromatic nitrogens is 3. The van der Waals surface area contributed by atoms with Crippen LogP contribution in [0.3, 0.4) is 0 Å². The van der Waals surface area contributed by atoms with E-state index in [1.54, 1.807) is 0 Å². The summed E-state index contributed by atoms with van der Waals surface area (Å²) in [7, 11) is 0. The number of hydrogen-bond acceptors (Lipinski definition) is 4. The lowest BCUT2D eigenvalue weighted by atomic mass is 10.5. The Morgan fingerprint density at radius 2 is 2.00 bits per heavy atom. The van der Waals surface area contributed by atoms with Gasteiger partial charge in [-0.1, -0.05) is 34.8 Å². The number of halogens is 3. The molecule has 2 heterocycles. The van der Waals surface area contributed by atoms with Gasteiger partial charge in [-0.25, -0.2) is 9.97 Å². The molecule has 0 aliphatic heterocycles. The number of H-pyrrole nitrogens is 1. The van der Waals surface area contributed by atoms with Gasteiger partial charge >= 0.3 is 0 Å². The van der Waals surface area contributed by atoms with Crippen LogP contribution in [-0.2, 0) is 0 Å². The molecule has 88 valence electrons. The Morgan fingerprint density at radius 1 is 1.24 bits per heavy atom. The molecule has 0 saturated heterocycles. The molecule has 2 aromatic rings. The van der Waals surface area contributed by atoms with Crippen molar-refractivity contribution in [2.45, 2.75) is 10.2 Å². The van der Waals surface area contributed by atoms with E-state index in [4.69, 9.17) is 34.8 Å². The highest BCUT2D eigenvalue weighted by Crippen LogP contribution is 2.33. The maximum atomic E-state index is 11.1. The van der Waals surface area contributed by atoms with Crippen LogP contribution in [0.1, 0.15) is 0 Å². The molecular weight excluding hydrogens is 305 g/mol. The summed E-state index contributed by atoms with van der Waals surface area (Å²) < 4.78 is 0. The Hall–Kier alpha value is -0.750. The van der Waals surface area contributed by atoms with Gasteiger partial charge in [0.25, 0.3) is 5.56 Å². The zero-order chi connectivity index (χ0) is 12.4. The Balaban J connectivity index is 2.36. The molecular formula is C9H4Cl3N3OS. The molecule has 0 amide bonds.